The highest BCUT2D eigenvalue weighted by Crippen LogP contribution is 2.28. The Kier molecular flexibility index (Phi) is 4.26. The average Bonchev–Trinajstić information content (AvgIpc) is 2.95. The van der Waals surface area contributed by atoms with E-state index in [4.69, 9.17) is 0 Å². The van der Waals surface area contributed by atoms with Gasteiger partial charge in [0, 0.05) is 19.1 Å². The van der Waals surface area contributed by atoms with Crippen LogP contribution in [0.15, 0.2) is 0 Å². The summed E-state index contributed by atoms with van der Waals surface area (Å²) >= 11 is 0. The Hall–Kier alpha value is -0.0800. The van der Waals surface area contributed by atoms with Gasteiger partial charge in [-0.3, -0.25) is 0 Å². The maximum Gasteiger partial charge on any atom is 0.00684 e. The molecule has 0 bridgehead atoms. The Morgan fingerprint density at radius 3 is 2.50 bits per heavy atom. The third-order valence-electron chi connectivity index (χ3n) is 4.05. The fourth-order valence-corrected chi connectivity index (χ4v) is 2.99. The lowest BCUT2D eigenvalue weighted by atomic mass is 9.85. The number of hydrogen-bond donors (Lipinski definition) is 1. The fraction of sp³-hybridized carbons (Fsp3) is 1.00. The van der Waals surface area contributed by atoms with Crippen molar-refractivity contribution in [2.75, 3.05) is 26.2 Å². The van der Waals surface area contributed by atoms with Crippen molar-refractivity contribution in [3.63, 3.8) is 0 Å². The second kappa shape index (κ2) is 5.50. The standard InChI is InChI=1S/C14H28N2/c1-3-8-14(2,11-15-13-6-7-13)12-16-9-4-5-10-16/h13,15H,3-12H2,1-2H3. The molecule has 2 rings (SSSR count). The summed E-state index contributed by atoms with van der Waals surface area (Å²) in [4.78, 5) is 2.67. The van der Waals surface area contributed by atoms with Crippen molar-refractivity contribution >= 4 is 0 Å². The Morgan fingerprint density at radius 2 is 1.94 bits per heavy atom. The van der Waals surface area contributed by atoms with Crippen LogP contribution in [0.25, 0.3) is 0 Å². The van der Waals surface area contributed by atoms with Crippen molar-refractivity contribution in [1.82, 2.24) is 10.2 Å². The van der Waals surface area contributed by atoms with E-state index in [0.717, 1.165) is 6.04 Å². The van der Waals surface area contributed by atoms with Crippen LogP contribution >= 0.6 is 0 Å². The van der Waals surface area contributed by atoms with Gasteiger partial charge in [0.25, 0.3) is 0 Å². The van der Waals surface area contributed by atoms with Crippen molar-refractivity contribution in [2.45, 2.75) is 58.4 Å². The minimum absolute atomic E-state index is 0.502. The third-order valence-corrected chi connectivity index (χ3v) is 4.05. The van der Waals surface area contributed by atoms with E-state index in [1.165, 1.54) is 64.7 Å². The molecule has 1 heterocycles. The predicted molar refractivity (Wildman–Crippen MR) is 69.7 cm³/mol. The molecule has 0 aromatic heterocycles. The summed E-state index contributed by atoms with van der Waals surface area (Å²) in [5.41, 5.74) is 0.502. The molecule has 94 valence electrons. The van der Waals surface area contributed by atoms with Crippen LogP contribution < -0.4 is 5.32 Å². The Balaban J connectivity index is 1.79. The summed E-state index contributed by atoms with van der Waals surface area (Å²) in [6.07, 6.45) is 8.33. The molecule has 1 aliphatic heterocycles. The molecular formula is C14H28N2. The zero-order valence-electron chi connectivity index (χ0n) is 11.1. The van der Waals surface area contributed by atoms with Gasteiger partial charge in [-0.25, -0.2) is 0 Å². The van der Waals surface area contributed by atoms with E-state index < -0.39 is 0 Å². The molecule has 1 N–H and O–H groups in total. The first-order valence-corrected chi connectivity index (χ1v) is 7.18. The number of hydrogen-bond acceptors (Lipinski definition) is 2. The van der Waals surface area contributed by atoms with Gasteiger partial charge < -0.3 is 10.2 Å². The van der Waals surface area contributed by atoms with Crippen molar-refractivity contribution in [2.24, 2.45) is 5.41 Å². The van der Waals surface area contributed by atoms with Gasteiger partial charge in [0.2, 0.25) is 0 Å². The lowest BCUT2D eigenvalue weighted by Crippen LogP contribution is -2.42. The Bertz CT molecular complexity index is 207. The molecule has 2 heteroatoms. The van der Waals surface area contributed by atoms with E-state index in [9.17, 15) is 0 Å². The lowest BCUT2D eigenvalue weighted by Gasteiger charge is -2.34. The van der Waals surface area contributed by atoms with Crippen LogP contribution in [0.4, 0.5) is 0 Å². The Labute approximate surface area is 101 Å². The summed E-state index contributed by atoms with van der Waals surface area (Å²) in [5, 5.41) is 3.73. The highest BCUT2D eigenvalue weighted by atomic mass is 15.1. The van der Waals surface area contributed by atoms with E-state index >= 15 is 0 Å². The highest BCUT2D eigenvalue weighted by Gasteiger charge is 2.30. The van der Waals surface area contributed by atoms with Crippen LogP contribution in [0.5, 0.6) is 0 Å². The number of nitrogens with zero attached hydrogens (tertiary/aromatic N) is 1. The maximum absolute atomic E-state index is 3.73. The Morgan fingerprint density at radius 1 is 1.25 bits per heavy atom. The first-order valence-electron chi connectivity index (χ1n) is 7.18. The number of rotatable bonds is 7. The minimum atomic E-state index is 0.502. The highest BCUT2D eigenvalue weighted by molar-refractivity contribution is 4.87. The first-order chi connectivity index (χ1) is 7.72. The molecule has 2 aliphatic rings. The van der Waals surface area contributed by atoms with Crippen LogP contribution in [-0.4, -0.2) is 37.1 Å². The second-order valence-electron chi connectivity index (χ2n) is 6.20. The molecule has 1 saturated heterocycles. The van der Waals surface area contributed by atoms with Crippen molar-refractivity contribution in [3.8, 4) is 0 Å². The molecule has 16 heavy (non-hydrogen) atoms. The van der Waals surface area contributed by atoms with Gasteiger partial charge in [0.05, 0.1) is 0 Å². The van der Waals surface area contributed by atoms with Gasteiger partial charge >= 0.3 is 0 Å². The van der Waals surface area contributed by atoms with E-state index in [-0.39, 0.29) is 0 Å². The summed E-state index contributed by atoms with van der Waals surface area (Å²) in [6.45, 7) is 10.00. The van der Waals surface area contributed by atoms with Gasteiger partial charge in [0.1, 0.15) is 0 Å². The summed E-state index contributed by atoms with van der Waals surface area (Å²) in [6, 6.07) is 0.856. The maximum atomic E-state index is 3.73. The topological polar surface area (TPSA) is 15.3 Å². The van der Waals surface area contributed by atoms with E-state index in [1.807, 2.05) is 0 Å². The largest absolute Gasteiger partial charge is 0.313 e. The summed E-state index contributed by atoms with van der Waals surface area (Å²) < 4.78 is 0. The summed E-state index contributed by atoms with van der Waals surface area (Å²) in [5.74, 6) is 0. The molecule has 0 aromatic carbocycles. The van der Waals surface area contributed by atoms with E-state index in [1.54, 1.807) is 0 Å². The predicted octanol–water partition coefficient (Wildman–Crippen LogP) is 2.64. The third kappa shape index (κ3) is 3.74. The molecule has 0 amide bonds. The van der Waals surface area contributed by atoms with Crippen LogP contribution in [-0.2, 0) is 0 Å². The van der Waals surface area contributed by atoms with E-state index in [0.29, 0.717) is 5.41 Å². The van der Waals surface area contributed by atoms with Gasteiger partial charge in [-0.1, -0.05) is 20.3 Å². The average molecular weight is 224 g/mol. The van der Waals surface area contributed by atoms with E-state index in [2.05, 4.69) is 24.1 Å². The van der Waals surface area contributed by atoms with Crippen LogP contribution in [0.2, 0.25) is 0 Å². The fourth-order valence-electron chi connectivity index (χ4n) is 2.99. The van der Waals surface area contributed by atoms with Gasteiger partial charge in [-0.15, -0.1) is 0 Å². The number of nitrogens with one attached hydrogen (secondary N) is 1. The molecule has 1 aliphatic carbocycles. The SMILES string of the molecule is CCCC(C)(CNC1CC1)CN1CCCC1. The van der Waals surface area contributed by atoms with Gasteiger partial charge in [-0.05, 0) is 50.6 Å². The summed E-state index contributed by atoms with van der Waals surface area (Å²) in [7, 11) is 0. The van der Waals surface area contributed by atoms with Crippen LogP contribution in [0.3, 0.4) is 0 Å². The zero-order valence-corrected chi connectivity index (χ0v) is 11.1. The first kappa shape index (κ1) is 12.4. The van der Waals surface area contributed by atoms with Crippen molar-refractivity contribution < 1.29 is 0 Å². The molecule has 2 nitrogen and oxygen atoms in total. The lowest BCUT2D eigenvalue weighted by molar-refractivity contribution is 0.172. The van der Waals surface area contributed by atoms with Gasteiger partial charge in [0.15, 0.2) is 0 Å². The molecule has 1 atom stereocenters. The van der Waals surface area contributed by atoms with Crippen LogP contribution in [0.1, 0.15) is 52.4 Å². The second-order valence-corrected chi connectivity index (χ2v) is 6.20. The smallest absolute Gasteiger partial charge is 0.00684 e. The molecule has 0 spiro atoms. The quantitative estimate of drug-likeness (QED) is 0.715. The van der Waals surface area contributed by atoms with Gasteiger partial charge in [-0.2, -0.15) is 0 Å². The monoisotopic (exact) mass is 224 g/mol. The molecule has 2 fully saturated rings. The molecule has 1 unspecified atom stereocenters. The van der Waals surface area contributed by atoms with Crippen molar-refractivity contribution in [1.29, 1.82) is 0 Å². The zero-order chi connectivity index (χ0) is 11.4. The van der Waals surface area contributed by atoms with Crippen LogP contribution in [0, 0.1) is 5.41 Å². The molecule has 0 aromatic rings. The minimum Gasteiger partial charge on any atom is -0.313 e. The molecular weight excluding hydrogens is 196 g/mol. The normalized spacial score (nSPS) is 25.9. The molecule has 0 radical (unpaired) electrons. The molecule has 1 saturated carbocycles. The number of likely N-dealkylation sites (tertiary alicyclic amines) is 1. The van der Waals surface area contributed by atoms with Crippen molar-refractivity contribution in [3.05, 3.63) is 0 Å².